The van der Waals surface area contributed by atoms with Gasteiger partial charge in [0.15, 0.2) is 0 Å². The van der Waals surface area contributed by atoms with Crippen LogP contribution < -0.4 is 0 Å². The van der Waals surface area contributed by atoms with E-state index in [0.29, 0.717) is 0 Å². The standard InChI is InChI=1S/C12H22/c1-3-5-6-12-9-7-11(4-2)8-10-12/h3,5,11-12H,4,6-10H2,1-2H3. The minimum atomic E-state index is 1.00. The van der Waals surface area contributed by atoms with Gasteiger partial charge < -0.3 is 0 Å². The first-order valence-corrected chi connectivity index (χ1v) is 5.48. The van der Waals surface area contributed by atoms with E-state index >= 15 is 0 Å². The Balaban J connectivity index is 2.17. The minimum Gasteiger partial charge on any atom is -0.0917 e. The molecule has 0 heteroatoms. The van der Waals surface area contributed by atoms with Gasteiger partial charge in [0, 0.05) is 0 Å². The van der Waals surface area contributed by atoms with E-state index in [1.165, 1.54) is 38.5 Å². The molecule has 0 aliphatic heterocycles. The predicted molar refractivity (Wildman–Crippen MR) is 55.2 cm³/mol. The summed E-state index contributed by atoms with van der Waals surface area (Å²) in [6, 6.07) is 0. The fourth-order valence-electron chi connectivity index (χ4n) is 2.20. The lowest BCUT2D eigenvalue weighted by Crippen LogP contribution is -2.13. The Kier molecular flexibility index (Phi) is 4.42. The Hall–Kier alpha value is -0.260. The van der Waals surface area contributed by atoms with Gasteiger partial charge in [0.1, 0.15) is 0 Å². The highest BCUT2D eigenvalue weighted by atomic mass is 14.2. The molecule has 12 heavy (non-hydrogen) atoms. The van der Waals surface area contributed by atoms with Crippen molar-refractivity contribution in [3.63, 3.8) is 0 Å². The summed E-state index contributed by atoms with van der Waals surface area (Å²) >= 11 is 0. The van der Waals surface area contributed by atoms with Gasteiger partial charge in [-0.1, -0.05) is 38.3 Å². The summed E-state index contributed by atoms with van der Waals surface area (Å²) in [5, 5.41) is 0. The second kappa shape index (κ2) is 5.40. The van der Waals surface area contributed by atoms with Gasteiger partial charge in [0.25, 0.3) is 0 Å². The van der Waals surface area contributed by atoms with Crippen LogP contribution >= 0.6 is 0 Å². The maximum Gasteiger partial charge on any atom is -0.0322 e. The van der Waals surface area contributed by atoms with Crippen molar-refractivity contribution in [1.29, 1.82) is 0 Å². The molecule has 0 atom stereocenters. The van der Waals surface area contributed by atoms with Crippen LogP contribution in [0.25, 0.3) is 0 Å². The maximum atomic E-state index is 2.33. The summed E-state index contributed by atoms with van der Waals surface area (Å²) in [5.74, 6) is 2.05. The van der Waals surface area contributed by atoms with Gasteiger partial charge in [-0.15, -0.1) is 0 Å². The molecule has 0 radical (unpaired) electrons. The summed E-state index contributed by atoms with van der Waals surface area (Å²) in [7, 11) is 0. The highest BCUT2D eigenvalue weighted by Crippen LogP contribution is 2.32. The molecule has 1 fully saturated rings. The third kappa shape index (κ3) is 3.00. The van der Waals surface area contributed by atoms with Crippen LogP contribution in [-0.2, 0) is 0 Å². The van der Waals surface area contributed by atoms with Crippen LogP contribution in [0.15, 0.2) is 12.2 Å². The van der Waals surface area contributed by atoms with Crippen molar-refractivity contribution >= 4 is 0 Å². The zero-order chi connectivity index (χ0) is 8.81. The van der Waals surface area contributed by atoms with Crippen LogP contribution in [0.3, 0.4) is 0 Å². The molecule has 0 saturated heterocycles. The molecule has 0 aromatic carbocycles. The Bertz CT molecular complexity index is 127. The molecule has 0 bridgehead atoms. The van der Waals surface area contributed by atoms with Crippen molar-refractivity contribution in [3.05, 3.63) is 12.2 Å². The predicted octanol–water partition coefficient (Wildman–Crippen LogP) is 4.17. The third-order valence-corrected chi connectivity index (χ3v) is 3.25. The Morgan fingerprint density at radius 2 is 1.67 bits per heavy atom. The van der Waals surface area contributed by atoms with E-state index in [0.717, 1.165) is 11.8 Å². The van der Waals surface area contributed by atoms with Crippen LogP contribution in [-0.4, -0.2) is 0 Å². The topological polar surface area (TPSA) is 0 Å². The van der Waals surface area contributed by atoms with E-state index in [-0.39, 0.29) is 0 Å². The quantitative estimate of drug-likeness (QED) is 0.552. The van der Waals surface area contributed by atoms with Crippen LogP contribution in [0.1, 0.15) is 52.4 Å². The Morgan fingerprint density at radius 1 is 1.08 bits per heavy atom. The molecule has 0 heterocycles. The monoisotopic (exact) mass is 166 g/mol. The molecule has 0 nitrogen and oxygen atoms in total. The molecule has 1 aliphatic carbocycles. The molecular formula is C12H22. The van der Waals surface area contributed by atoms with E-state index in [1.54, 1.807) is 0 Å². The molecule has 0 aromatic heterocycles. The van der Waals surface area contributed by atoms with Crippen LogP contribution in [0.4, 0.5) is 0 Å². The second-order valence-electron chi connectivity index (χ2n) is 4.10. The number of hydrogen-bond donors (Lipinski definition) is 0. The van der Waals surface area contributed by atoms with Gasteiger partial charge in [-0.25, -0.2) is 0 Å². The maximum absolute atomic E-state index is 2.33. The van der Waals surface area contributed by atoms with E-state index in [4.69, 9.17) is 0 Å². The fraction of sp³-hybridized carbons (Fsp3) is 0.833. The molecule has 0 unspecified atom stereocenters. The number of hydrogen-bond acceptors (Lipinski definition) is 0. The number of allylic oxidation sites excluding steroid dienone is 2. The van der Waals surface area contributed by atoms with Crippen molar-refractivity contribution in [1.82, 2.24) is 0 Å². The first-order valence-electron chi connectivity index (χ1n) is 5.48. The van der Waals surface area contributed by atoms with Gasteiger partial charge in [-0.2, -0.15) is 0 Å². The first-order chi connectivity index (χ1) is 5.86. The highest BCUT2D eigenvalue weighted by molar-refractivity contribution is 4.82. The largest absolute Gasteiger partial charge is 0.0917 e. The Labute approximate surface area is 77.1 Å². The van der Waals surface area contributed by atoms with Crippen molar-refractivity contribution in [2.45, 2.75) is 52.4 Å². The van der Waals surface area contributed by atoms with Crippen molar-refractivity contribution in [3.8, 4) is 0 Å². The highest BCUT2D eigenvalue weighted by Gasteiger charge is 2.18. The summed E-state index contributed by atoms with van der Waals surface area (Å²) in [5.41, 5.74) is 0. The van der Waals surface area contributed by atoms with Gasteiger partial charge >= 0.3 is 0 Å². The van der Waals surface area contributed by atoms with Crippen molar-refractivity contribution in [2.24, 2.45) is 11.8 Å². The Morgan fingerprint density at radius 3 is 2.17 bits per heavy atom. The molecule has 1 aliphatic rings. The third-order valence-electron chi connectivity index (χ3n) is 3.25. The van der Waals surface area contributed by atoms with Gasteiger partial charge in [0.2, 0.25) is 0 Å². The number of rotatable bonds is 3. The van der Waals surface area contributed by atoms with Crippen LogP contribution in [0.5, 0.6) is 0 Å². The SMILES string of the molecule is CC=CCC1CCC(CC)CC1. The molecule has 1 rings (SSSR count). The van der Waals surface area contributed by atoms with E-state index in [2.05, 4.69) is 26.0 Å². The average molecular weight is 166 g/mol. The molecule has 0 spiro atoms. The molecular weight excluding hydrogens is 144 g/mol. The van der Waals surface area contributed by atoms with E-state index in [9.17, 15) is 0 Å². The summed E-state index contributed by atoms with van der Waals surface area (Å²) in [6.07, 6.45) is 13.2. The van der Waals surface area contributed by atoms with Gasteiger partial charge in [-0.05, 0) is 38.0 Å². The minimum absolute atomic E-state index is 1.00. The molecule has 70 valence electrons. The van der Waals surface area contributed by atoms with Gasteiger partial charge in [0.05, 0.1) is 0 Å². The second-order valence-corrected chi connectivity index (χ2v) is 4.10. The van der Waals surface area contributed by atoms with Gasteiger partial charge in [-0.3, -0.25) is 0 Å². The van der Waals surface area contributed by atoms with Crippen molar-refractivity contribution in [2.75, 3.05) is 0 Å². The average Bonchev–Trinajstić information content (AvgIpc) is 2.15. The lowest BCUT2D eigenvalue weighted by Gasteiger charge is -2.26. The molecule has 1 saturated carbocycles. The zero-order valence-electron chi connectivity index (χ0n) is 8.55. The lowest BCUT2D eigenvalue weighted by atomic mass is 9.79. The normalized spacial score (nSPS) is 31.2. The van der Waals surface area contributed by atoms with E-state index < -0.39 is 0 Å². The zero-order valence-corrected chi connectivity index (χ0v) is 8.55. The summed E-state index contributed by atoms with van der Waals surface area (Å²) in [6.45, 7) is 4.45. The smallest absolute Gasteiger partial charge is 0.0322 e. The fourth-order valence-corrected chi connectivity index (χ4v) is 2.20. The van der Waals surface area contributed by atoms with Crippen LogP contribution in [0.2, 0.25) is 0 Å². The van der Waals surface area contributed by atoms with Crippen molar-refractivity contribution < 1.29 is 0 Å². The summed E-state index contributed by atoms with van der Waals surface area (Å²) < 4.78 is 0. The van der Waals surface area contributed by atoms with E-state index in [1.807, 2.05) is 0 Å². The first kappa shape index (κ1) is 9.83. The molecule has 0 amide bonds. The molecule has 0 N–H and O–H groups in total. The summed E-state index contributed by atoms with van der Waals surface area (Å²) in [4.78, 5) is 0. The van der Waals surface area contributed by atoms with Crippen LogP contribution in [0, 0.1) is 11.8 Å². The lowest BCUT2D eigenvalue weighted by molar-refractivity contribution is 0.271. The molecule has 0 aromatic rings.